The van der Waals surface area contributed by atoms with Gasteiger partial charge in [-0.2, -0.15) is 0 Å². The molecule has 10 heteroatoms. The maximum absolute atomic E-state index is 14.4. The second kappa shape index (κ2) is 11.1. The van der Waals surface area contributed by atoms with Gasteiger partial charge in [0.25, 0.3) is 0 Å². The highest BCUT2D eigenvalue weighted by Gasteiger charge is 2.36. The number of carbonyl (C=O) groups excluding carboxylic acids is 1. The zero-order valence-electron chi connectivity index (χ0n) is 20.4. The van der Waals surface area contributed by atoms with Gasteiger partial charge in [-0.15, -0.1) is 0 Å². The molecule has 194 valence electrons. The molecule has 3 aliphatic rings. The molecule has 1 N–H and O–H groups in total. The van der Waals surface area contributed by atoms with Gasteiger partial charge in [-0.25, -0.2) is 18.7 Å². The molecular weight excluding hydrogens is 532 g/mol. The fraction of sp³-hybridized carbons (Fsp3) is 0.577. The van der Waals surface area contributed by atoms with Gasteiger partial charge in [-0.05, 0) is 58.8 Å². The number of fused-ring (bicyclic) bond motifs is 1. The number of anilines is 1. The van der Waals surface area contributed by atoms with E-state index in [2.05, 4.69) is 36.1 Å². The normalized spacial score (nSPS) is 23.6. The predicted octanol–water partition coefficient (Wildman–Crippen LogP) is 4.10. The summed E-state index contributed by atoms with van der Waals surface area (Å²) < 4.78 is 34.6. The van der Waals surface area contributed by atoms with Crippen LogP contribution in [0.4, 0.5) is 14.6 Å². The number of nitrogens with zero attached hydrogens (tertiary/aromatic N) is 4. The first-order chi connectivity index (χ1) is 17.4. The first-order valence-corrected chi connectivity index (χ1v) is 13.5. The largest absolute Gasteiger partial charge is 0.381 e. The smallest absolute Gasteiger partial charge is 0.231 e. The molecule has 1 aromatic carbocycles. The average Bonchev–Trinajstić information content (AvgIpc) is 3.20. The van der Waals surface area contributed by atoms with Gasteiger partial charge in [-0.1, -0.05) is 13.0 Å². The second-order valence-electron chi connectivity index (χ2n) is 9.93. The molecule has 2 saturated heterocycles. The quantitative estimate of drug-likeness (QED) is 0.570. The van der Waals surface area contributed by atoms with Gasteiger partial charge >= 0.3 is 0 Å². The van der Waals surface area contributed by atoms with E-state index in [1.807, 2.05) is 17.9 Å². The fourth-order valence-electron chi connectivity index (χ4n) is 5.54. The molecule has 2 fully saturated rings. The summed E-state index contributed by atoms with van der Waals surface area (Å²) >= 11 is 3.21. The van der Waals surface area contributed by atoms with Crippen molar-refractivity contribution in [2.24, 2.45) is 0 Å². The van der Waals surface area contributed by atoms with Crippen LogP contribution in [0.15, 0.2) is 29.0 Å². The van der Waals surface area contributed by atoms with E-state index < -0.39 is 12.1 Å². The molecule has 2 aliphatic heterocycles. The molecule has 0 spiro atoms. The van der Waals surface area contributed by atoms with E-state index >= 15 is 0 Å². The molecule has 1 aromatic heterocycles. The lowest BCUT2D eigenvalue weighted by Crippen LogP contribution is -2.52. The molecule has 5 rings (SSSR count). The molecule has 0 radical (unpaired) electrons. The molecule has 0 bridgehead atoms. The number of carbonyl (C=O) groups is 1. The first-order valence-electron chi connectivity index (χ1n) is 12.7. The third-order valence-electron chi connectivity index (χ3n) is 7.61. The SMILES string of the molecule is C[C@@H]1C[C@@H](F)c2ncnc(N3CCN(C(=O)C(CNC4CCOCC4)c4ccc(Br)c(F)c4)CC3)c21. The number of ether oxygens (including phenoxy) is 1. The molecule has 1 unspecified atom stereocenters. The summed E-state index contributed by atoms with van der Waals surface area (Å²) in [6.45, 7) is 6.13. The number of halogens is 3. The molecule has 0 saturated carbocycles. The monoisotopic (exact) mass is 563 g/mol. The number of nitrogens with one attached hydrogen (secondary N) is 1. The van der Waals surface area contributed by atoms with Crippen LogP contribution in [0.2, 0.25) is 0 Å². The number of hydrogen-bond donors (Lipinski definition) is 1. The van der Waals surface area contributed by atoms with E-state index in [4.69, 9.17) is 4.74 Å². The molecule has 1 amide bonds. The minimum atomic E-state index is -1.05. The first kappa shape index (κ1) is 25.5. The van der Waals surface area contributed by atoms with Crippen molar-refractivity contribution in [1.29, 1.82) is 0 Å². The second-order valence-corrected chi connectivity index (χ2v) is 10.8. The Bertz CT molecular complexity index is 1090. The number of aromatic nitrogens is 2. The Morgan fingerprint density at radius 1 is 1.22 bits per heavy atom. The predicted molar refractivity (Wildman–Crippen MR) is 136 cm³/mol. The van der Waals surface area contributed by atoms with Crippen molar-refractivity contribution in [3.05, 3.63) is 51.6 Å². The number of alkyl halides is 1. The zero-order valence-corrected chi connectivity index (χ0v) is 22.0. The van der Waals surface area contributed by atoms with Crippen molar-refractivity contribution < 1.29 is 18.3 Å². The maximum atomic E-state index is 14.4. The molecule has 36 heavy (non-hydrogen) atoms. The highest BCUT2D eigenvalue weighted by Crippen LogP contribution is 2.44. The van der Waals surface area contributed by atoms with Crippen molar-refractivity contribution in [3.8, 4) is 0 Å². The molecule has 1 aliphatic carbocycles. The van der Waals surface area contributed by atoms with E-state index in [-0.39, 0.29) is 23.7 Å². The van der Waals surface area contributed by atoms with Crippen molar-refractivity contribution in [1.82, 2.24) is 20.2 Å². The maximum Gasteiger partial charge on any atom is 0.231 e. The molecule has 3 atom stereocenters. The Morgan fingerprint density at radius 2 is 1.97 bits per heavy atom. The number of piperazine rings is 1. The van der Waals surface area contributed by atoms with E-state index in [9.17, 15) is 13.6 Å². The fourth-order valence-corrected chi connectivity index (χ4v) is 5.78. The third kappa shape index (κ3) is 5.26. The van der Waals surface area contributed by atoms with E-state index in [1.165, 1.54) is 12.4 Å². The van der Waals surface area contributed by atoms with Crippen LogP contribution in [0.3, 0.4) is 0 Å². The summed E-state index contributed by atoms with van der Waals surface area (Å²) in [5, 5.41) is 3.52. The zero-order chi connectivity index (χ0) is 25.2. The summed E-state index contributed by atoms with van der Waals surface area (Å²) in [5.74, 6) is -0.0241. The molecule has 2 aromatic rings. The van der Waals surface area contributed by atoms with Crippen LogP contribution in [0.5, 0.6) is 0 Å². The highest BCUT2D eigenvalue weighted by molar-refractivity contribution is 9.10. The van der Waals surface area contributed by atoms with Crippen molar-refractivity contribution >= 4 is 27.7 Å². The van der Waals surface area contributed by atoms with Crippen LogP contribution in [0.1, 0.15) is 61.0 Å². The summed E-state index contributed by atoms with van der Waals surface area (Å²) in [5.41, 5.74) is 2.07. The van der Waals surface area contributed by atoms with Gasteiger partial charge in [-0.3, -0.25) is 4.79 Å². The van der Waals surface area contributed by atoms with E-state index in [0.717, 1.165) is 24.2 Å². The number of rotatable bonds is 6. The van der Waals surface area contributed by atoms with Gasteiger partial charge in [0.15, 0.2) is 0 Å². The summed E-state index contributed by atoms with van der Waals surface area (Å²) in [6, 6.07) is 5.21. The summed E-state index contributed by atoms with van der Waals surface area (Å²) in [4.78, 5) is 26.4. The van der Waals surface area contributed by atoms with E-state index in [1.54, 1.807) is 6.07 Å². The van der Waals surface area contributed by atoms with E-state index in [0.29, 0.717) is 68.1 Å². The third-order valence-corrected chi connectivity index (χ3v) is 8.25. The number of amides is 1. The Hall–Kier alpha value is -2.17. The van der Waals surface area contributed by atoms with Crippen molar-refractivity contribution in [2.45, 2.75) is 50.2 Å². The van der Waals surface area contributed by atoms with Crippen LogP contribution in [-0.2, 0) is 9.53 Å². The van der Waals surface area contributed by atoms with Gasteiger partial charge in [0.2, 0.25) is 5.91 Å². The summed E-state index contributed by atoms with van der Waals surface area (Å²) in [6.07, 6.45) is 2.63. The Labute approximate surface area is 218 Å². The Balaban J connectivity index is 1.29. The highest BCUT2D eigenvalue weighted by atomic mass is 79.9. The van der Waals surface area contributed by atoms with Gasteiger partial charge in [0.05, 0.1) is 16.1 Å². The minimum Gasteiger partial charge on any atom is -0.381 e. The standard InChI is InChI=1S/C26H32BrF2N5O2/c1-16-12-22(29)24-23(16)25(32-15-31-24)33-6-8-34(9-7-33)26(35)19(14-30-18-4-10-36-11-5-18)17-2-3-20(27)21(28)13-17/h2-3,13,15-16,18-19,22,30H,4-12,14H2,1H3/t16-,19?,22-/m1/s1. The Kier molecular flexibility index (Phi) is 7.83. The van der Waals surface area contributed by atoms with Crippen LogP contribution in [0.25, 0.3) is 0 Å². The minimum absolute atomic E-state index is 0.0129. The molecule has 3 heterocycles. The van der Waals surface area contributed by atoms with Crippen LogP contribution in [0, 0.1) is 5.82 Å². The van der Waals surface area contributed by atoms with Gasteiger partial charge < -0.3 is 19.9 Å². The van der Waals surface area contributed by atoms with Crippen molar-refractivity contribution in [3.63, 3.8) is 0 Å². The van der Waals surface area contributed by atoms with Crippen LogP contribution in [-0.4, -0.2) is 72.8 Å². The number of benzene rings is 1. The topological polar surface area (TPSA) is 70.6 Å². The lowest BCUT2D eigenvalue weighted by atomic mass is 9.95. The molecular formula is C26H32BrF2N5O2. The van der Waals surface area contributed by atoms with Gasteiger partial charge in [0, 0.05) is 57.5 Å². The molecule has 7 nitrogen and oxygen atoms in total. The van der Waals surface area contributed by atoms with Crippen LogP contribution >= 0.6 is 15.9 Å². The number of hydrogen-bond acceptors (Lipinski definition) is 6. The summed E-state index contributed by atoms with van der Waals surface area (Å²) in [7, 11) is 0. The lowest BCUT2D eigenvalue weighted by molar-refractivity contribution is -0.133. The van der Waals surface area contributed by atoms with Gasteiger partial charge in [0.1, 0.15) is 24.1 Å². The average molecular weight is 564 g/mol. The van der Waals surface area contributed by atoms with Crippen molar-refractivity contribution in [2.75, 3.05) is 50.8 Å². The Morgan fingerprint density at radius 3 is 2.69 bits per heavy atom. The lowest BCUT2D eigenvalue weighted by Gasteiger charge is -2.38. The van der Waals surface area contributed by atoms with Crippen LogP contribution < -0.4 is 10.2 Å².